The Morgan fingerprint density at radius 2 is 1.70 bits per heavy atom. The van der Waals surface area contributed by atoms with E-state index in [4.69, 9.17) is 0 Å². The molecule has 4 rings (SSSR count). The van der Waals surface area contributed by atoms with E-state index in [2.05, 4.69) is 96.5 Å². The second-order valence-corrected chi connectivity index (χ2v) is 6.04. The summed E-state index contributed by atoms with van der Waals surface area (Å²) >= 11 is 0. The zero-order chi connectivity index (χ0) is 15.6. The van der Waals surface area contributed by atoms with Crippen molar-refractivity contribution in [3.8, 4) is 11.1 Å². The van der Waals surface area contributed by atoms with E-state index in [0.717, 1.165) is 0 Å². The number of benzene rings is 2. The second kappa shape index (κ2) is 5.90. The highest BCUT2D eigenvalue weighted by molar-refractivity contribution is 5.64. The van der Waals surface area contributed by atoms with Crippen LogP contribution in [0.2, 0.25) is 0 Å². The molecule has 0 bridgehead atoms. The lowest BCUT2D eigenvalue weighted by Crippen LogP contribution is -2.45. The summed E-state index contributed by atoms with van der Waals surface area (Å²) in [5.41, 5.74) is 6.32. The summed E-state index contributed by atoms with van der Waals surface area (Å²) in [7, 11) is 0. The predicted molar refractivity (Wildman–Crippen MR) is 95.7 cm³/mol. The number of hydrogen-bond donors (Lipinski definition) is 2. The smallest absolute Gasteiger partial charge is 0.104 e. The summed E-state index contributed by atoms with van der Waals surface area (Å²) in [6.07, 6.45) is 8.72. The summed E-state index contributed by atoms with van der Waals surface area (Å²) < 4.78 is 0. The highest BCUT2D eigenvalue weighted by Gasteiger charge is 2.25. The van der Waals surface area contributed by atoms with Crippen LogP contribution in [0, 0.1) is 0 Å². The van der Waals surface area contributed by atoms with Crippen LogP contribution >= 0.6 is 0 Å². The van der Waals surface area contributed by atoms with Gasteiger partial charge in [0.15, 0.2) is 0 Å². The predicted octanol–water partition coefficient (Wildman–Crippen LogP) is 4.31. The Labute approximate surface area is 137 Å². The molecule has 114 valence electrons. The van der Waals surface area contributed by atoms with E-state index in [1.165, 1.54) is 28.0 Å². The number of rotatable bonds is 2. The SMILES string of the molecule is CC1=C2C=CC=CC2NC(c2cccc(-c3ccccc3)c2)N1. The van der Waals surface area contributed by atoms with Gasteiger partial charge in [-0.05, 0) is 35.3 Å². The fourth-order valence-electron chi connectivity index (χ4n) is 3.27. The van der Waals surface area contributed by atoms with Gasteiger partial charge < -0.3 is 5.32 Å². The third-order valence-electron chi connectivity index (χ3n) is 4.49. The number of nitrogens with one attached hydrogen (secondary N) is 2. The normalized spacial score (nSPS) is 22.7. The first-order valence-electron chi connectivity index (χ1n) is 8.05. The summed E-state index contributed by atoms with van der Waals surface area (Å²) in [6, 6.07) is 19.5. The van der Waals surface area contributed by atoms with E-state index in [-0.39, 0.29) is 12.2 Å². The topological polar surface area (TPSA) is 24.1 Å². The molecule has 1 aliphatic heterocycles. The van der Waals surface area contributed by atoms with Gasteiger partial charge in [-0.1, -0.05) is 72.8 Å². The fraction of sp³-hybridized carbons (Fsp3) is 0.143. The van der Waals surface area contributed by atoms with Crippen molar-refractivity contribution in [3.05, 3.63) is 95.7 Å². The molecule has 2 aromatic carbocycles. The van der Waals surface area contributed by atoms with Gasteiger partial charge in [0.05, 0.1) is 6.04 Å². The molecular weight excluding hydrogens is 280 g/mol. The third kappa shape index (κ3) is 2.73. The highest BCUT2D eigenvalue weighted by atomic mass is 15.2. The van der Waals surface area contributed by atoms with Gasteiger partial charge >= 0.3 is 0 Å². The lowest BCUT2D eigenvalue weighted by atomic mass is 9.95. The first kappa shape index (κ1) is 14.0. The molecular formula is C21H20N2. The molecule has 0 spiro atoms. The molecule has 0 saturated heterocycles. The van der Waals surface area contributed by atoms with E-state index in [9.17, 15) is 0 Å². The first-order chi connectivity index (χ1) is 11.3. The van der Waals surface area contributed by atoms with Crippen molar-refractivity contribution in [2.45, 2.75) is 19.1 Å². The van der Waals surface area contributed by atoms with Crippen molar-refractivity contribution in [3.63, 3.8) is 0 Å². The lowest BCUT2D eigenvalue weighted by Gasteiger charge is -2.35. The minimum Gasteiger partial charge on any atom is -0.369 e. The summed E-state index contributed by atoms with van der Waals surface area (Å²) in [5, 5.41) is 7.27. The van der Waals surface area contributed by atoms with E-state index < -0.39 is 0 Å². The summed E-state index contributed by atoms with van der Waals surface area (Å²) in [6.45, 7) is 2.15. The van der Waals surface area contributed by atoms with Crippen LogP contribution in [0.3, 0.4) is 0 Å². The zero-order valence-electron chi connectivity index (χ0n) is 13.2. The molecule has 2 aromatic rings. The maximum atomic E-state index is 3.67. The van der Waals surface area contributed by atoms with Crippen LogP contribution in [0.5, 0.6) is 0 Å². The van der Waals surface area contributed by atoms with Gasteiger partial charge in [-0.25, -0.2) is 0 Å². The van der Waals surface area contributed by atoms with Crippen molar-refractivity contribution in [2.24, 2.45) is 0 Å². The lowest BCUT2D eigenvalue weighted by molar-refractivity contribution is 0.431. The van der Waals surface area contributed by atoms with Gasteiger partial charge in [0.2, 0.25) is 0 Å². The molecule has 23 heavy (non-hydrogen) atoms. The zero-order valence-corrected chi connectivity index (χ0v) is 13.2. The molecule has 2 nitrogen and oxygen atoms in total. The van der Waals surface area contributed by atoms with E-state index in [0.29, 0.717) is 0 Å². The Morgan fingerprint density at radius 1 is 0.870 bits per heavy atom. The average molecular weight is 300 g/mol. The standard InChI is InChI=1S/C21H20N2/c1-15-19-12-5-6-13-20(19)23-21(22-15)18-11-7-10-17(14-18)16-8-3-2-4-9-16/h2-14,20-23H,1H3. The summed E-state index contributed by atoms with van der Waals surface area (Å²) in [4.78, 5) is 0. The summed E-state index contributed by atoms with van der Waals surface area (Å²) in [5.74, 6) is 0. The van der Waals surface area contributed by atoms with E-state index in [1.807, 2.05) is 0 Å². The van der Waals surface area contributed by atoms with Crippen LogP contribution in [-0.4, -0.2) is 6.04 Å². The van der Waals surface area contributed by atoms with Crippen molar-refractivity contribution < 1.29 is 0 Å². The maximum absolute atomic E-state index is 3.67. The van der Waals surface area contributed by atoms with Crippen molar-refractivity contribution in [2.75, 3.05) is 0 Å². The largest absolute Gasteiger partial charge is 0.369 e. The molecule has 1 heterocycles. The van der Waals surface area contributed by atoms with Crippen LogP contribution in [0.4, 0.5) is 0 Å². The van der Waals surface area contributed by atoms with Crippen LogP contribution in [0.1, 0.15) is 18.7 Å². The number of hydrogen-bond acceptors (Lipinski definition) is 2. The molecule has 1 aliphatic carbocycles. The molecule has 2 heteroatoms. The van der Waals surface area contributed by atoms with E-state index >= 15 is 0 Å². The quantitative estimate of drug-likeness (QED) is 0.863. The van der Waals surface area contributed by atoms with Crippen molar-refractivity contribution >= 4 is 0 Å². The molecule has 0 radical (unpaired) electrons. The molecule has 2 unspecified atom stereocenters. The molecule has 0 saturated carbocycles. The van der Waals surface area contributed by atoms with Gasteiger partial charge in [0.25, 0.3) is 0 Å². The molecule has 0 amide bonds. The monoisotopic (exact) mass is 300 g/mol. The minimum absolute atomic E-state index is 0.128. The highest BCUT2D eigenvalue weighted by Crippen LogP contribution is 2.27. The van der Waals surface area contributed by atoms with Gasteiger partial charge in [0.1, 0.15) is 6.17 Å². The molecule has 2 atom stereocenters. The number of allylic oxidation sites excluding steroid dienone is 3. The van der Waals surface area contributed by atoms with Crippen molar-refractivity contribution in [1.29, 1.82) is 0 Å². The molecule has 0 aromatic heterocycles. The Hall–Kier alpha value is -2.58. The Balaban J connectivity index is 1.66. The van der Waals surface area contributed by atoms with Crippen molar-refractivity contribution in [1.82, 2.24) is 10.6 Å². The molecule has 0 fully saturated rings. The average Bonchev–Trinajstić information content (AvgIpc) is 2.62. The minimum atomic E-state index is 0.128. The van der Waals surface area contributed by atoms with Gasteiger partial charge in [0, 0.05) is 5.70 Å². The van der Waals surface area contributed by atoms with Gasteiger partial charge in [-0.15, -0.1) is 0 Å². The fourth-order valence-corrected chi connectivity index (χ4v) is 3.27. The van der Waals surface area contributed by atoms with Crippen LogP contribution < -0.4 is 10.6 Å². The maximum Gasteiger partial charge on any atom is 0.104 e. The Bertz CT molecular complexity index is 800. The van der Waals surface area contributed by atoms with E-state index in [1.54, 1.807) is 0 Å². The van der Waals surface area contributed by atoms with Gasteiger partial charge in [-0.2, -0.15) is 0 Å². The number of fused-ring (bicyclic) bond motifs is 1. The van der Waals surface area contributed by atoms with Crippen LogP contribution in [0.15, 0.2) is 90.2 Å². The molecule has 2 N–H and O–H groups in total. The van der Waals surface area contributed by atoms with Crippen LogP contribution in [0.25, 0.3) is 11.1 Å². The second-order valence-electron chi connectivity index (χ2n) is 6.04. The third-order valence-corrected chi connectivity index (χ3v) is 4.49. The van der Waals surface area contributed by atoms with Gasteiger partial charge in [-0.3, -0.25) is 5.32 Å². The van der Waals surface area contributed by atoms with Crippen LogP contribution in [-0.2, 0) is 0 Å². The Kier molecular flexibility index (Phi) is 3.60. The Morgan fingerprint density at radius 3 is 2.57 bits per heavy atom. The first-order valence-corrected chi connectivity index (χ1v) is 8.05. The molecule has 2 aliphatic rings.